The number of carbonyl (C=O) groups excluding carboxylic acids is 2. The molecule has 8 heteroatoms. The van der Waals surface area contributed by atoms with Crippen molar-refractivity contribution in [2.45, 2.75) is 13.1 Å². The minimum Gasteiger partial charge on any atom is -0.322 e. The summed E-state index contributed by atoms with van der Waals surface area (Å²) in [5.41, 5.74) is 0.736. The molecule has 0 spiro atoms. The van der Waals surface area contributed by atoms with Gasteiger partial charge in [-0.1, -0.05) is 18.2 Å². The van der Waals surface area contributed by atoms with E-state index in [-0.39, 0.29) is 16.8 Å². The van der Waals surface area contributed by atoms with E-state index in [0.29, 0.717) is 5.69 Å². The lowest BCUT2D eigenvalue weighted by atomic mass is 10.1. The molecule has 0 aliphatic heterocycles. The maximum absolute atomic E-state index is 13.6. The lowest BCUT2D eigenvalue weighted by Gasteiger charge is -2.09. The average molecular weight is 366 g/mol. The van der Waals surface area contributed by atoms with E-state index < -0.39 is 23.8 Å². The average Bonchev–Trinajstić information content (AvgIpc) is 2.57. The van der Waals surface area contributed by atoms with Crippen molar-refractivity contribution < 1.29 is 27.2 Å². The number of nitrogens with one attached hydrogen (secondary N) is 2. The van der Waals surface area contributed by atoms with Gasteiger partial charge < -0.3 is 10.6 Å². The first kappa shape index (κ1) is 19.2. The van der Waals surface area contributed by atoms with Crippen LogP contribution in [0.4, 0.5) is 28.9 Å². The fraction of sp³-hybridized carbons (Fsp3) is 0.111. The van der Waals surface area contributed by atoms with Gasteiger partial charge in [0.15, 0.2) is 0 Å². The Bertz CT molecular complexity index is 843. The van der Waals surface area contributed by atoms with Gasteiger partial charge in [0, 0.05) is 22.5 Å². The molecule has 2 amide bonds. The monoisotopic (exact) mass is 366 g/mol. The summed E-state index contributed by atoms with van der Waals surface area (Å²) in [6, 6.07) is 11.1. The molecule has 2 rings (SSSR count). The molecule has 0 aliphatic carbocycles. The molecule has 0 unspecified atom stereocenters. The number of carbonyl (C=O) groups is 2. The van der Waals surface area contributed by atoms with Crippen molar-refractivity contribution >= 4 is 29.3 Å². The quantitative estimate of drug-likeness (QED) is 0.624. The van der Waals surface area contributed by atoms with Crippen molar-refractivity contribution in [3.8, 4) is 0 Å². The molecule has 2 aromatic rings. The first-order valence-corrected chi connectivity index (χ1v) is 7.39. The summed E-state index contributed by atoms with van der Waals surface area (Å²) in [7, 11) is 0. The van der Waals surface area contributed by atoms with E-state index >= 15 is 0 Å². The fourth-order valence-electron chi connectivity index (χ4n) is 1.96. The number of hydrogen-bond acceptors (Lipinski definition) is 2. The predicted molar refractivity (Wildman–Crippen MR) is 89.8 cm³/mol. The van der Waals surface area contributed by atoms with Crippen LogP contribution < -0.4 is 10.6 Å². The van der Waals surface area contributed by atoms with E-state index in [4.69, 9.17) is 0 Å². The standard InChI is InChI=1S/C18H14F4N2O2/c1-11(10-12-4-2-3-5-15(12)19)16(25)23-13-6-8-14(9-7-13)24-17(26)18(20,21)22/h2-10H,1H3,(H,23,25)(H,24,26)/b11-10+. The Balaban J connectivity index is 2.03. The highest BCUT2D eigenvalue weighted by Gasteiger charge is 2.38. The zero-order chi connectivity index (χ0) is 19.3. The van der Waals surface area contributed by atoms with Crippen LogP contribution in [-0.2, 0) is 9.59 Å². The number of amides is 2. The zero-order valence-electron chi connectivity index (χ0n) is 13.5. The third-order valence-corrected chi connectivity index (χ3v) is 3.29. The molecule has 0 saturated heterocycles. The fourth-order valence-corrected chi connectivity index (χ4v) is 1.96. The lowest BCUT2D eigenvalue weighted by molar-refractivity contribution is -0.167. The van der Waals surface area contributed by atoms with E-state index in [1.54, 1.807) is 11.4 Å². The molecule has 0 fully saturated rings. The highest BCUT2D eigenvalue weighted by molar-refractivity contribution is 6.06. The third-order valence-electron chi connectivity index (χ3n) is 3.29. The highest BCUT2D eigenvalue weighted by Crippen LogP contribution is 2.20. The van der Waals surface area contributed by atoms with Crippen LogP contribution in [0.2, 0.25) is 0 Å². The highest BCUT2D eigenvalue weighted by atomic mass is 19.4. The summed E-state index contributed by atoms with van der Waals surface area (Å²) in [5.74, 6) is -3.05. The van der Waals surface area contributed by atoms with Gasteiger partial charge in [0.1, 0.15) is 5.82 Å². The van der Waals surface area contributed by atoms with Crippen molar-refractivity contribution in [2.75, 3.05) is 10.6 Å². The van der Waals surface area contributed by atoms with Crippen molar-refractivity contribution in [3.63, 3.8) is 0 Å². The van der Waals surface area contributed by atoms with Gasteiger partial charge in [0.25, 0.3) is 5.91 Å². The maximum atomic E-state index is 13.6. The molecule has 0 heterocycles. The summed E-state index contributed by atoms with van der Waals surface area (Å²) < 4.78 is 50.1. The van der Waals surface area contributed by atoms with E-state index in [2.05, 4.69) is 5.32 Å². The largest absolute Gasteiger partial charge is 0.471 e. The minimum atomic E-state index is -4.98. The Morgan fingerprint density at radius 3 is 2.00 bits per heavy atom. The van der Waals surface area contributed by atoms with Gasteiger partial charge in [0.2, 0.25) is 0 Å². The van der Waals surface area contributed by atoms with E-state index in [1.807, 2.05) is 0 Å². The smallest absolute Gasteiger partial charge is 0.322 e. The summed E-state index contributed by atoms with van der Waals surface area (Å²) in [5, 5.41) is 4.22. The predicted octanol–water partition coefficient (Wildman–Crippen LogP) is 4.37. The van der Waals surface area contributed by atoms with Gasteiger partial charge in [-0.2, -0.15) is 13.2 Å². The second kappa shape index (κ2) is 7.81. The molecule has 136 valence electrons. The van der Waals surface area contributed by atoms with Gasteiger partial charge in [0.05, 0.1) is 0 Å². The molecule has 2 aromatic carbocycles. The van der Waals surface area contributed by atoms with Crippen LogP contribution in [-0.4, -0.2) is 18.0 Å². The lowest BCUT2D eigenvalue weighted by Crippen LogP contribution is -2.29. The maximum Gasteiger partial charge on any atom is 0.471 e. The molecular formula is C18H14F4N2O2. The number of benzene rings is 2. The molecule has 0 aromatic heterocycles. The summed E-state index contributed by atoms with van der Waals surface area (Å²) in [6.07, 6.45) is -3.61. The molecule has 0 saturated carbocycles. The first-order chi connectivity index (χ1) is 12.2. The van der Waals surface area contributed by atoms with Gasteiger partial charge >= 0.3 is 12.1 Å². The topological polar surface area (TPSA) is 58.2 Å². The van der Waals surface area contributed by atoms with E-state index in [9.17, 15) is 27.2 Å². The molecule has 26 heavy (non-hydrogen) atoms. The SMILES string of the molecule is C/C(=C\c1ccccc1F)C(=O)Nc1ccc(NC(=O)C(F)(F)F)cc1. The van der Waals surface area contributed by atoms with E-state index in [1.165, 1.54) is 55.5 Å². The Morgan fingerprint density at radius 2 is 1.46 bits per heavy atom. The zero-order valence-corrected chi connectivity index (χ0v) is 13.5. The van der Waals surface area contributed by atoms with Gasteiger partial charge in [-0.25, -0.2) is 4.39 Å². The van der Waals surface area contributed by atoms with Crippen LogP contribution in [0.15, 0.2) is 54.1 Å². The minimum absolute atomic E-state index is 0.0658. The van der Waals surface area contributed by atoms with Crippen molar-refractivity contribution in [1.82, 2.24) is 0 Å². The summed E-state index contributed by atoms with van der Waals surface area (Å²) >= 11 is 0. The van der Waals surface area contributed by atoms with Gasteiger partial charge in [-0.3, -0.25) is 9.59 Å². The Morgan fingerprint density at radius 1 is 0.923 bits per heavy atom. The van der Waals surface area contributed by atoms with Gasteiger partial charge in [-0.15, -0.1) is 0 Å². The van der Waals surface area contributed by atoms with Crippen LogP contribution in [0.5, 0.6) is 0 Å². The first-order valence-electron chi connectivity index (χ1n) is 7.39. The molecule has 2 N–H and O–H groups in total. The molecule has 0 atom stereocenters. The Hall–Kier alpha value is -3.16. The van der Waals surface area contributed by atoms with Crippen LogP contribution >= 0.6 is 0 Å². The number of halogens is 4. The van der Waals surface area contributed by atoms with E-state index in [0.717, 1.165) is 0 Å². The number of alkyl halides is 3. The molecule has 0 aliphatic rings. The van der Waals surface area contributed by atoms with Crippen molar-refractivity contribution in [3.05, 3.63) is 65.5 Å². The van der Waals surface area contributed by atoms with Crippen LogP contribution in [0.25, 0.3) is 6.08 Å². The third kappa shape index (κ3) is 5.17. The van der Waals surface area contributed by atoms with Gasteiger partial charge in [-0.05, 0) is 43.3 Å². The number of rotatable bonds is 4. The van der Waals surface area contributed by atoms with Crippen LogP contribution in [0.1, 0.15) is 12.5 Å². The molecule has 0 bridgehead atoms. The normalized spacial score (nSPS) is 11.8. The molecule has 4 nitrogen and oxygen atoms in total. The summed E-state index contributed by atoms with van der Waals surface area (Å²) in [6.45, 7) is 1.50. The van der Waals surface area contributed by atoms with Crippen LogP contribution in [0.3, 0.4) is 0 Å². The Kier molecular flexibility index (Phi) is 5.76. The second-order valence-electron chi connectivity index (χ2n) is 5.33. The van der Waals surface area contributed by atoms with Crippen molar-refractivity contribution in [1.29, 1.82) is 0 Å². The number of hydrogen-bond donors (Lipinski definition) is 2. The second-order valence-corrected chi connectivity index (χ2v) is 5.33. The molecule has 0 radical (unpaired) electrons. The molecular weight excluding hydrogens is 352 g/mol. The Labute approximate surface area is 146 Å². The van der Waals surface area contributed by atoms with Crippen LogP contribution in [0, 0.1) is 5.82 Å². The summed E-state index contributed by atoms with van der Waals surface area (Å²) in [4.78, 5) is 22.9. The van der Waals surface area contributed by atoms with Crippen molar-refractivity contribution in [2.24, 2.45) is 0 Å². The number of anilines is 2.